The van der Waals surface area contributed by atoms with Crippen molar-refractivity contribution in [3.63, 3.8) is 0 Å². The first-order valence-corrected chi connectivity index (χ1v) is 8.69. The maximum atomic E-state index is 13.8. The van der Waals surface area contributed by atoms with Gasteiger partial charge in [0.15, 0.2) is 0 Å². The molecule has 3 aliphatic rings. The predicted molar refractivity (Wildman–Crippen MR) is 85.1 cm³/mol. The molecule has 2 saturated heterocycles. The van der Waals surface area contributed by atoms with Crippen LogP contribution < -0.4 is 0 Å². The van der Waals surface area contributed by atoms with Crippen molar-refractivity contribution in [3.05, 3.63) is 35.4 Å². The van der Waals surface area contributed by atoms with Crippen LogP contribution in [0.15, 0.2) is 18.2 Å². The fraction of sp³-hybridized carbons (Fsp3) is 0.684. The smallest absolute Gasteiger partial charge is 0.131 e. The molecular formula is C19H26F2O2. The molecule has 0 amide bonds. The van der Waals surface area contributed by atoms with E-state index in [2.05, 4.69) is 20.8 Å². The van der Waals surface area contributed by atoms with E-state index in [0.29, 0.717) is 5.92 Å². The second-order valence-electron chi connectivity index (χ2n) is 7.16. The summed E-state index contributed by atoms with van der Waals surface area (Å²) in [7, 11) is 0. The molecule has 3 unspecified atom stereocenters. The van der Waals surface area contributed by atoms with Gasteiger partial charge in [0.1, 0.15) is 11.6 Å². The van der Waals surface area contributed by atoms with Crippen LogP contribution in [-0.4, -0.2) is 17.3 Å². The van der Waals surface area contributed by atoms with Crippen molar-refractivity contribution in [3.8, 4) is 0 Å². The van der Waals surface area contributed by atoms with Crippen molar-refractivity contribution in [1.82, 2.24) is 0 Å². The van der Waals surface area contributed by atoms with Crippen molar-refractivity contribution >= 4 is 0 Å². The molecule has 3 fully saturated rings. The van der Waals surface area contributed by atoms with Crippen molar-refractivity contribution in [1.29, 1.82) is 0 Å². The van der Waals surface area contributed by atoms with Gasteiger partial charge in [0.25, 0.3) is 0 Å². The molecule has 2 nitrogen and oxygen atoms in total. The number of hydrogen-bond donors (Lipinski definition) is 0. The summed E-state index contributed by atoms with van der Waals surface area (Å²) in [6, 6.07) is 3.91. The Labute approximate surface area is 137 Å². The number of fused-ring (bicyclic) bond motifs is 3. The lowest BCUT2D eigenvalue weighted by molar-refractivity contribution is -0.298. The molecule has 1 aliphatic carbocycles. The minimum absolute atomic E-state index is 0.00907. The minimum atomic E-state index is -0.548. The van der Waals surface area contributed by atoms with Crippen LogP contribution in [0.3, 0.4) is 0 Å². The van der Waals surface area contributed by atoms with E-state index in [4.69, 9.17) is 9.47 Å². The predicted octanol–water partition coefficient (Wildman–Crippen LogP) is 5.00. The van der Waals surface area contributed by atoms with Crippen LogP contribution in [0.25, 0.3) is 0 Å². The number of ether oxygens (including phenoxy) is 2. The zero-order valence-electron chi connectivity index (χ0n) is 14.2. The van der Waals surface area contributed by atoms with Crippen molar-refractivity contribution in [2.45, 2.75) is 76.8 Å². The van der Waals surface area contributed by atoms with E-state index >= 15 is 0 Å². The van der Waals surface area contributed by atoms with Crippen LogP contribution in [0.1, 0.15) is 58.4 Å². The van der Waals surface area contributed by atoms with Crippen molar-refractivity contribution < 1.29 is 18.3 Å². The molecule has 0 spiro atoms. The maximum Gasteiger partial charge on any atom is 0.131 e. The summed E-state index contributed by atoms with van der Waals surface area (Å²) in [5.74, 6) is -0.628. The number of benzene rings is 1. The highest BCUT2D eigenvalue weighted by Crippen LogP contribution is 2.53. The summed E-state index contributed by atoms with van der Waals surface area (Å²) >= 11 is 0. The van der Waals surface area contributed by atoms with Crippen molar-refractivity contribution in [2.75, 3.05) is 0 Å². The van der Waals surface area contributed by atoms with Gasteiger partial charge in [-0.05, 0) is 57.1 Å². The van der Waals surface area contributed by atoms with E-state index in [1.807, 2.05) is 0 Å². The largest absolute Gasteiger partial charge is 0.370 e. The first-order valence-electron chi connectivity index (χ1n) is 8.69. The first kappa shape index (κ1) is 16.8. The Morgan fingerprint density at radius 3 is 2.43 bits per heavy atom. The highest BCUT2D eigenvalue weighted by Gasteiger charge is 2.56. The molecule has 2 aliphatic heterocycles. The molecule has 1 aromatic rings. The minimum Gasteiger partial charge on any atom is -0.370 e. The summed E-state index contributed by atoms with van der Waals surface area (Å²) < 4.78 is 40.0. The highest BCUT2D eigenvalue weighted by atomic mass is 19.1. The van der Waals surface area contributed by atoms with Crippen LogP contribution in [0.4, 0.5) is 8.78 Å². The summed E-state index contributed by atoms with van der Waals surface area (Å²) in [5.41, 5.74) is -0.409. The highest BCUT2D eigenvalue weighted by molar-refractivity contribution is 5.19. The second-order valence-corrected chi connectivity index (χ2v) is 7.16. The summed E-state index contributed by atoms with van der Waals surface area (Å²) in [6.07, 6.45) is 4.90. The lowest BCUT2D eigenvalue weighted by Crippen LogP contribution is -2.63. The molecule has 1 aromatic carbocycles. The standard InChI is InChI=1S/C19H26F2O2/c1-4-19(5-2)13-9-10-18(3,23-19)17(11-13)22-12-14-15(20)7-6-8-16(14)21/h6-8,13,17H,4-5,9-12H2,1-3H3. The fourth-order valence-electron chi connectivity index (χ4n) is 4.46. The van der Waals surface area contributed by atoms with Crippen LogP contribution in [-0.2, 0) is 16.1 Å². The molecule has 128 valence electrons. The van der Waals surface area contributed by atoms with E-state index in [-0.39, 0.29) is 29.5 Å². The SMILES string of the molecule is CCC1(CC)OC2(C)CCC1CC2OCc1c(F)cccc1F. The van der Waals surface area contributed by atoms with Gasteiger partial charge in [-0.3, -0.25) is 0 Å². The number of hydrogen-bond acceptors (Lipinski definition) is 2. The van der Waals surface area contributed by atoms with Gasteiger partial charge >= 0.3 is 0 Å². The molecule has 0 radical (unpaired) electrons. The van der Waals surface area contributed by atoms with Crippen LogP contribution >= 0.6 is 0 Å². The van der Waals surface area contributed by atoms with Crippen LogP contribution in [0.2, 0.25) is 0 Å². The van der Waals surface area contributed by atoms with E-state index < -0.39 is 11.6 Å². The molecule has 23 heavy (non-hydrogen) atoms. The van der Waals surface area contributed by atoms with E-state index in [1.165, 1.54) is 18.2 Å². The quantitative estimate of drug-likeness (QED) is 0.759. The molecule has 3 atom stereocenters. The molecule has 2 bridgehead atoms. The molecule has 1 saturated carbocycles. The van der Waals surface area contributed by atoms with Gasteiger partial charge in [0, 0.05) is 5.56 Å². The fourth-order valence-corrected chi connectivity index (χ4v) is 4.46. The average molecular weight is 324 g/mol. The van der Waals surface area contributed by atoms with E-state index in [0.717, 1.165) is 32.1 Å². The molecule has 0 N–H and O–H groups in total. The topological polar surface area (TPSA) is 18.5 Å². The average Bonchev–Trinajstić information content (AvgIpc) is 2.54. The monoisotopic (exact) mass is 324 g/mol. The Morgan fingerprint density at radius 2 is 1.87 bits per heavy atom. The summed E-state index contributed by atoms with van der Waals surface area (Å²) in [4.78, 5) is 0. The van der Waals surface area contributed by atoms with E-state index in [1.54, 1.807) is 0 Å². The van der Waals surface area contributed by atoms with Gasteiger partial charge < -0.3 is 9.47 Å². The third-order valence-electron chi connectivity index (χ3n) is 6.04. The Bertz CT molecular complexity index is 550. The lowest BCUT2D eigenvalue weighted by atomic mass is 9.64. The molecule has 4 rings (SSSR count). The van der Waals surface area contributed by atoms with Gasteiger partial charge in [-0.25, -0.2) is 8.78 Å². The molecular weight excluding hydrogens is 298 g/mol. The number of rotatable bonds is 5. The normalized spacial score (nSPS) is 32.2. The third-order valence-corrected chi connectivity index (χ3v) is 6.04. The van der Waals surface area contributed by atoms with Gasteiger partial charge in [-0.1, -0.05) is 19.9 Å². The zero-order chi connectivity index (χ0) is 16.7. The summed E-state index contributed by atoms with van der Waals surface area (Å²) in [5, 5.41) is 0. The Hall–Kier alpha value is -1.00. The Morgan fingerprint density at radius 1 is 1.22 bits per heavy atom. The lowest BCUT2D eigenvalue weighted by Gasteiger charge is -2.59. The van der Waals surface area contributed by atoms with Crippen molar-refractivity contribution in [2.24, 2.45) is 5.92 Å². The third kappa shape index (κ3) is 2.80. The van der Waals surface area contributed by atoms with Crippen LogP contribution in [0, 0.1) is 17.6 Å². The van der Waals surface area contributed by atoms with Crippen LogP contribution in [0.5, 0.6) is 0 Å². The first-order chi connectivity index (χ1) is 10.9. The maximum absolute atomic E-state index is 13.8. The van der Waals surface area contributed by atoms with Gasteiger partial charge in [0.2, 0.25) is 0 Å². The second kappa shape index (κ2) is 6.14. The Kier molecular flexibility index (Phi) is 4.49. The van der Waals surface area contributed by atoms with Gasteiger partial charge in [-0.15, -0.1) is 0 Å². The summed E-state index contributed by atoms with van der Waals surface area (Å²) in [6.45, 7) is 6.40. The van der Waals surface area contributed by atoms with E-state index in [9.17, 15) is 8.78 Å². The van der Waals surface area contributed by atoms with Gasteiger partial charge in [-0.2, -0.15) is 0 Å². The zero-order valence-corrected chi connectivity index (χ0v) is 14.2. The molecule has 2 heterocycles. The van der Waals surface area contributed by atoms with Gasteiger partial charge in [0.05, 0.1) is 23.9 Å². The molecule has 0 aromatic heterocycles. The number of halogens is 2. The Balaban J connectivity index is 1.74. The molecule has 4 heteroatoms.